The molecule has 0 bridgehead atoms. The summed E-state index contributed by atoms with van der Waals surface area (Å²) in [6.07, 6.45) is 2.27. The zero-order chi connectivity index (χ0) is 22.8. The van der Waals surface area contributed by atoms with Crippen molar-refractivity contribution in [1.82, 2.24) is 0 Å². The summed E-state index contributed by atoms with van der Waals surface area (Å²) in [6, 6.07) is 5.16. The van der Waals surface area contributed by atoms with Crippen LogP contribution in [0.15, 0.2) is 18.2 Å². The number of esters is 1. The quantitative estimate of drug-likeness (QED) is 0.397. The molecule has 6 nitrogen and oxygen atoms in total. The first-order valence-electron chi connectivity index (χ1n) is 10.8. The minimum atomic E-state index is -0.599. The molecule has 1 saturated carbocycles. The smallest absolute Gasteiger partial charge is 0.306 e. The van der Waals surface area contributed by atoms with Crippen LogP contribution < -0.4 is 5.32 Å². The van der Waals surface area contributed by atoms with E-state index in [1.165, 1.54) is 0 Å². The molecule has 2 atom stereocenters. The number of hydrogen-bond donors (Lipinski definition) is 1. The summed E-state index contributed by atoms with van der Waals surface area (Å²) >= 11 is 5.15. The molecule has 0 amide bonds. The standard InChI is InChI=1S/C24H29NO5S/c1-24(2,3)30-21(28)8-5-11-25-18-7-4-6-16-22(18)20(27)13-17(23(16)29)15-10-9-14(31)12-19(15)26/h4,6-7,15,17,25H,5,8-13H2,1-3H3. The van der Waals surface area contributed by atoms with Gasteiger partial charge >= 0.3 is 5.97 Å². The molecule has 1 fully saturated rings. The number of anilines is 1. The van der Waals surface area contributed by atoms with Gasteiger partial charge in [0.2, 0.25) is 0 Å². The topological polar surface area (TPSA) is 89.5 Å². The molecule has 0 saturated heterocycles. The Bertz CT molecular complexity index is 930. The van der Waals surface area contributed by atoms with Gasteiger partial charge in [0.05, 0.1) is 5.56 Å². The molecule has 0 heterocycles. The Balaban J connectivity index is 1.67. The van der Waals surface area contributed by atoms with Crippen LogP contribution in [0.3, 0.4) is 0 Å². The fourth-order valence-corrected chi connectivity index (χ4v) is 4.55. The SMILES string of the molecule is CC(C)(C)OC(=O)CCCNc1cccc2c1C(=O)CC(C1CCC(=S)CC1=O)C2=O. The maximum atomic E-state index is 13.2. The maximum absolute atomic E-state index is 13.2. The van der Waals surface area contributed by atoms with E-state index in [2.05, 4.69) is 5.32 Å². The molecule has 7 heteroatoms. The summed E-state index contributed by atoms with van der Waals surface area (Å²) < 4.78 is 5.30. The second kappa shape index (κ2) is 9.39. The molecule has 2 aliphatic rings. The first kappa shape index (κ1) is 23.3. The molecule has 1 N–H and O–H groups in total. The number of ketones is 3. The number of carbonyl (C=O) groups is 4. The Labute approximate surface area is 188 Å². The van der Waals surface area contributed by atoms with Crippen LogP contribution in [0.25, 0.3) is 0 Å². The van der Waals surface area contributed by atoms with Crippen molar-refractivity contribution >= 4 is 46.1 Å². The number of hydrogen-bond acceptors (Lipinski definition) is 7. The van der Waals surface area contributed by atoms with Gasteiger partial charge in [-0.25, -0.2) is 0 Å². The van der Waals surface area contributed by atoms with Crippen molar-refractivity contribution in [3.63, 3.8) is 0 Å². The molecule has 166 valence electrons. The number of rotatable bonds is 6. The third-order valence-corrected chi connectivity index (χ3v) is 6.00. The number of thiocarbonyl (C=S) groups is 1. The number of Topliss-reactive ketones (excluding diaryl/α,β-unsaturated/α-hetero) is 3. The van der Waals surface area contributed by atoms with Gasteiger partial charge in [-0.15, -0.1) is 0 Å². The van der Waals surface area contributed by atoms with Crippen LogP contribution in [-0.4, -0.2) is 40.3 Å². The summed E-state index contributed by atoms with van der Waals surface area (Å²) in [7, 11) is 0. The Morgan fingerprint density at radius 1 is 1.19 bits per heavy atom. The second-order valence-electron chi connectivity index (χ2n) is 9.27. The molecule has 2 aliphatic carbocycles. The average molecular weight is 444 g/mol. The van der Waals surface area contributed by atoms with E-state index in [9.17, 15) is 19.2 Å². The number of carbonyl (C=O) groups excluding carboxylic acids is 4. The lowest BCUT2D eigenvalue weighted by atomic mass is 9.70. The number of benzene rings is 1. The highest BCUT2D eigenvalue weighted by atomic mass is 32.1. The van der Waals surface area contributed by atoms with Gasteiger partial charge in [-0.1, -0.05) is 24.4 Å². The highest BCUT2D eigenvalue weighted by Crippen LogP contribution is 2.38. The van der Waals surface area contributed by atoms with Crippen LogP contribution in [0.4, 0.5) is 5.69 Å². The van der Waals surface area contributed by atoms with E-state index >= 15 is 0 Å². The van der Waals surface area contributed by atoms with Crippen molar-refractivity contribution in [3.8, 4) is 0 Å². The molecule has 31 heavy (non-hydrogen) atoms. The fourth-order valence-electron chi connectivity index (χ4n) is 4.29. The van der Waals surface area contributed by atoms with Gasteiger partial charge in [0.15, 0.2) is 11.6 Å². The number of ether oxygens (including phenoxy) is 1. The highest BCUT2D eigenvalue weighted by molar-refractivity contribution is 7.80. The van der Waals surface area contributed by atoms with Gasteiger partial charge in [0.25, 0.3) is 0 Å². The van der Waals surface area contributed by atoms with Gasteiger partial charge in [0.1, 0.15) is 11.4 Å². The third kappa shape index (κ3) is 5.64. The monoisotopic (exact) mass is 443 g/mol. The van der Waals surface area contributed by atoms with Gasteiger partial charge in [0, 0.05) is 53.8 Å². The summed E-state index contributed by atoms with van der Waals surface area (Å²) in [5.41, 5.74) is 0.838. The van der Waals surface area contributed by atoms with Crippen molar-refractivity contribution < 1.29 is 23.9 Å². The number of fused-ring (bicyclic) bond motifs is 1. The number of nitrogens with one attached hydrogen (secondary N) is 1. The molecule has 1 aromatic carbocycles. The molecule has 0 radical (unpaired) electrons. The van der Waals surface area contributed by atoms with Crippen molar-refractivity contribution in [1.29, 1.82) is 0 Å². The van der Waals surface area contributed by atoms with Gasteiger partial charge in [-0.2, -0.15) is 0 Å². The Morgan fingerprint density at radius 3 is 2.61 bits per heavy atom. The Kier molecular flexibility index (Phi) is 7.04. The maximum Gasteiger partial charge on any atom is 0.306 e. The van der Waals surface area contributed by atoms with Crippen LogP contribution in [0.1, 0.15) is 80.0 Å². The van der Waals surface area contributed by atoms with Crippen LogP contribution in [-0.2, 0) is 14.3 Å². The van der Waals surface area contributed by atoms with E-state index in [0.29, 0.717) is 42.6 Å². The van der Waals surface area contributed by atoms with Crippen LogP contribution in [0.5, 0.6) is 0 Å². The molecule has 1 aromatic rings. The lowest BCUT2D eigenvalue weighted by Gasteiger charge is -2.32. The fraction of sp³-hybridized carbons (Fsp3) is 0.542. The predicted octanol–water partition coefficient (Wildman–Crippen LogP) is 4.34. The van der Waals surface area contributed by atoms with E-state index in [-0.39, 0.29) is 42.6 Å². The van der Waals surface area contributed by atoms with Crippen LogP contribution >= 0.6 is 12.2 Å². The molecular formula is C24H29NO5S. The van der Waals surface area contributed by atoms with Crippen LogP contribution in [0.2, 0.25) is 0 Å². The third-order valence-electron chi connectivity index (χ3n) is 5.65. The summed E-state index contributed by atoms with van der Waals surface area (Å²) in [4.78, 5) is 51.2. The zero-order valence-electron chi connectivity index (χ0n) is 18.3. The van der Waals surface area contributed by atoms with Gasteiger partial charge in [-0.05, 0) is 46.1 Å². The van der Waals surface area contributed by atoms with E-state index in [4.69, 9.17) is 17.0 Å². The molecule has 0 spiro atoms. The largest absolute Gasteiger partial charge is 0.460 e. The predicted molar refractivity (Wildman–Crippen MR) is 122 cm³/mol. The van der Waals surface area contributed by atoms with E-state index in [0.717, 1.165) is 4.86 Å². The average Bonchev–Trinajstić information content (AvgIpc) is 2.67. The summed E-state index contributed by atoms with van der Waals surface area (Å²) in [5, 5.41) is 3.19. The molecule has 0 aliphatic heterocycles. The minimum Gasteiger partial charge on any atom is -0.460 e. The first-order chi connectivity index (χ1) is 14.6. The lowest BCUT2D eigenvalue weighted by Crippen LogP contribution is -2.39. The second-order valence-corrected chi connectivity index (χ2v) is 9.85. The minimum absolute atomic E-state index is 0.0257. The summed E-state index contributed by atoms with van der Waals surface area (Å²) in [5.74, 6) is -1.59. The van der Waals surface area contributed by atoms with E-state index in [1.807, 2.05) is 20.8 Å². The Hall–Kier alpha value is -2.41. The normalized spacial score (nSPS) is 21.6. The van der Waals surface area contributed by atoms with Crippen molar-refractivity contribution in [3.05, 3.63) is 29.3 Å². The summed E-state index contributed by atoms with van der Waals surface area (Å²) in [6.45, 7) is 5.94. The van der Waals surface area contributed by atoms with Gasteiger partial charge in [-0.3, -0.25) is 19.2 Å². The van der Waals surface area contributed by atoms with Crippen LogP contribution in [0, 0.1) is 11.8 Å². The van der Waals surface area contributed by atoms with Crippen molar-refractivity contribution in [2.75, 3.05) is 11.9 Å². The Morgan fingerprint density at radius 2 is 1.94 bits per heavy atom. The molecule has 2 unspecified atom stereocenters. The highest BCUT2D eigenvalue weighted by Gasteiger charge is 2.42. The molecular weight excluding hydrogens is 414 g/mol. The van der Waals surface area contributed by atoms with Gasteiger partial charge < -0.3 is 10.1 Å². The molecule has 0 aromatic heterocycles. The van der Waals surface area contributed by atoms with E-state index in [1.54, 1.807) is 18.2 Å². The van der Waals surface area contributed by atoms with E-state index < -0.39 is 17.4 Å². The zero-order valence-corrected chi connectivity index (χ0v) is 19.1. The first-order valence-corrected chi connectivity index (χ1v) is 11.2. The van der Waals surface area contributed by atoms with Crippen molar-refractivity contribution in [2.45, 2.75) is 64.9 Å². The molecule has 3 rings (SSSR count). The lowest BCUT2D eigenvalue weighted by molar-refractivity contribution is -0.154. The van der Waals surface area contributed by atoms with Crippen molar-refractivity contribution in [2.24, 2.45) is 11.8 Å².